The van der Waals surface area contributed by atoms with Crippen LogP contribution in [0.1, 0.15) is 245 Å². The minimum Gasteiger partial charge on any atom is -0.394 e. The van der Waals surface area contributed by atoms with Crippen LogP contribution in [0.3, 0.4) is 0 Å². The maximum Gasteiger partial charge on any atom is 0.220 e. The van der Waals surface area contributed by atoms with Crippen molar-refractivity contribution in [1.82, 2.24) is 5.32 Å². The number of unbranched alkanes of at least 4 members (excludes halogenated alkanes) is 22. The van der Waals surface area contributed by atoms with Gasteiger partial charge in [-0.25, -0.2) is 0 Å². The average Bonchev–Trinajstić information content (AvgIpc) is 3.49. The van der Waals surface area contributed by atoms with Crippen LogP contribution < -0.4 is 5.32 Å². The Morgan fingerprint density at radius 2 is 0.778 bits per heavy atom. The molecule has 460 valence electrons. The van der Waals surface area contributed by atoms with Crippen molar-refractivity contribution in [2.75, 3.05) is 13.2 Å². The molecule has 0 aromatic rings. The van der Waals surface area contributed by atoms with E-state index in [2.05, 4.69) is 153 Å². The number of allylic oxidation sites excluding steroid dienone is 23. The Morgan fingerprint density at radius 3 is 1.19 bits per heavy atom. The zero-order valence-corrected chi connectivity index (χ0v) is 51.2. The van der Waals surface area contributed by atoms with Crippen molar-refractivity contribution in [3.8, 4) is 0 Å². The molecule has 0 spiro atoms. The lowest BCUT2D eigenvalue weighted by Gasteiger charge is -2.40. The number of amides is 1. The average molecular weight is 1130 g/mol. The van der Waals surface area contributed by atoms with Gasteiger partial charge in [-0.15, -0.1) is 0 Å². The van der Waals surface area contributed by atoms with Gasteiger partial charge in [0.25, 0.3) is 0 Å². The van der Waals surface area contributed by atoms with Gasteiger partial charge in [0.1, 0.15) is 24.4 Å². The van der Waals surface area contributed by atoms with E-state index in [4.69, 9.17) is 9.47 Å². The summed E-state index contributed by atoms with van der Waals surface area (Å²) < 4.78 is 11.3. The van der Waals surface area contributed by atoms with E-state index in [1.54, 1.807) is 6.08 Å². The van der Waals surface area contributed by atoms with Crippen molar-refractivity contribution < 1.29 is 39.8 Å². The van der Waals surface area contributed by atoms with Crippen LogP contribution in [0, 0.1) is 0 Å². The fourth-order valence-corrected chi connectivity index (χ4v) is 9.32. The zero-order chi connectivity index (χ0) is 58.6. The molecule has 6 N–H and O–H groups in total. The predicted molar refractivity (Wildman–Crippen MR) is 345 cm³/mol. The van der Waals surface area contributed by atoms with Crippen molar-refractivity contribution in [3.63, 3.8) is 0 Å². The van der Waals surface area contributed by atoms with Crippen molar-refractivity contribution in [2.45, 2.75) is 288 Å². The van der Waals surface area contributed by atoms with E-state index >= 15 is 0 Å². The predicted octanol–water partition coefficient (Wildman–Crippen LogP) is 17.4. The van der Waals surface area contributed by atoms with Gasteiger partial charge >= 0.3 is 0 Å². The second-order valence-corrected chi connectivity index (χ2v) is 21.8. The van der Waals surface area contributed by atoms with E-state index in [0.717, 1.165) is 116 Å². The first kappa shape index (κ1) is 75.1. The van der Waals surface area contributed by atoms with Gasteiger partial charge in [-0.05, 0) is 109 Å². The number of aliphatic hydroxyl groups excluding tert-OH is 5. The number of rotatable bonds is 54. The lowest BCUT2D eigenvalue weighted by Crippen LogP contribution is -2.60. The first-order valence-electron chi connectivity index (χ1n) is 32.6. The summed E-state index contributed by atoms with van der Waals surface area (Å²) in [6.45, 7) is 3.64. The van der Waals surface area contributed by atoms with E-state index in [0.29, 0.717) is 6.42 Å². The first-order valence-corrected chi connectivity index (χ1v) is 32.6. The smallest absolute Gasteiger partial charge is 0.220 e. The van der Waals surface area contributed by atoms with Crippen LogP contribution in [-0.2, 0) is 14.3 Å². The van der Waals surface area contributed by atoms with E-state index in [1.165, 1.54) is 109 Å². The summed E-state index contributed by atoms with van der Waals surface area (Å²) in [4.78, 5) is 13.1. The Balaban J connectivity index is 2.16. The van der Waals surface area contributed by atoms with Crippen LogP contribution in [0.25, 0.3) is 0 Å². The van der Waals surface area contributed by atoms with Crippen molar-refractivity contribution in [3.05, 3.63) is 146 Å². The standard InChI is InChI=1S/C72H119NO8/c1-3-5-7-9-11-13-15-17-19-21-22-23-24-25-26-27-28-29-30-31-32-33-34-35-36-37-38-39-40-41-42-43-44-46-48-50-52-54-56-58-60-62-68(76)73-65(64-80-72-71(79)70(78)69(77)67(63-74)81-72)66(75)61-59-57-55-53-51-49-47-45-20-18-16-14-12-10-8-6-4-2/h5,7,11,13,17,19,22-23,25-26,28-29,31-32,34-35,37-38,40-41,51,53,59,61,65-67,69-72,74-75,77-79H,3-4,6,8-10,12,14-16,18,20-21,24,27,30,33,36,39,42-50,52,54-58,60,62-64H2,1-2H3,(H,73,76)/b7-5-,13-11-,19-17-,23-22-,26-25-,29-28-,32-31-,35-34-,38-37-,41-40-,53-51+,61-59+. The molecule has 1 aliphatic rings. The molecule has 7 atom stereocenters. The minimum absolute atomic E-state index is 0.197. The largest absolute Gasteiger partial charge is 0.394 e. The third-order valence-electron chi connectivity index (χ3n) is 14.4. The van der Waals surface area contributed by atoms with Gasteiger partial charge in [0.2, 0.25) is 5.91 Å². The number of nitrogens with one attached hydrogen (secondary N) is 1. The molecule has 1 saturated heterocycles. The molecule has 1 fully saturated rings. The Kier molecular flexibility index (Phi) is 54.9. The highest BCUT2D eigenvalue weighted by molar-refractivity contribution is 5.76. The Bertz CT molecular complexity index is 1780. The molecular formula is C72H119NO8. The highest BCUT2D eigenvalue weighted by atomic mass is 16.7. The molecule has 0 aromatic carbocycles. The Labute approximate surface area is 495 Å². The van der Waals surface area contributed by atoms with Gasteiger partial charge in [0, 0.05) is 6.42 Å². The van der Waals surface area contributed by atoms with Gasteiger partial charge in [-0.1, -0.05) is 275 Å². The minimum atomic E-state index is -1.58. The van der Waals surface area contributed by atoms with E-state index in [-0.39, 0.29) is 12.5 Å². The van der Waals surface area contributed by atoms with Gasteiger partial charge in [-0.2, -0.15) is 0 Å². The number of carbonyl (C=O) groups is 1. The van der Waals surface area contributed by atoms with Gasteiger partial charge < -0.3 is 40.3 Å². The fourth-order valence-electron chi connectivity index (χ4n) is 9.32. The summed E-state index contributed by atoms with van der Waals surface area (Å²) in [6.07, 6.45) is 85.0. The summed E-state index contributed by atoms with van der Waals surface area (Å²) in [6, 6.07) is -0.834. The number of hydrogen-bond acceptors (Lipinski definition) is 8. The number of ether oxygens (including phenoxy) is 2. The molecule has 7 unspecified atom stereocenters. The van der Waals surface area contributed by atoms with Crippen molar-refractivity contribution in [1.29, 1.82) is 0 Å². The normalized spacial score (nSPS) is 19.4. The maximum atomic E-state index is 13.1. The highest BCUT2D eigenvalue weighted by Gasteiger charge is 2.44. The van der Waals surface area contributed by atoms with E-state index in [9.17, 15) is 30.3 Å². The summed E-state index contributed by atoms with van der Waals surface area (Å²) in [5, 5.41) is 54.5. The topological polar surface area (TPSA) is 149 Å². The SMILES string of the molecule is CC/C=C\C/C=C\C/C=C\C/C=C\C/C=C\C/C=C\C/C=C\C/C=C\C/C=C\C/C=C\CCCCCCCCCCCCC(=O)NC(COC1OC(CO)C(O)C(O)C1O)C(O)/C=C/CC/C=C/CCCCCCCCCCCCC. The van der Waals surface area contributed by atoms with Gasteiger partial charge in [0.05, 0.1) is 25.4 Å². The third kappa shape index (κ3) is 48.2. The molecular weight excluding hydrogens is 1010 g/mol. The summed E-state index contributed by atoms with van der Waals surface area (Å²) in [5.74, 6) is -0.197. The molecule has 0 radical (unpaired) electrons. The Hall–Kier alpha value is -3.93. The molecule has 9 nitrogen and oxygen atoms in total. The van der Waals surface area contributed by atoms with Crippen LogP contribution in [0.15, 0.2) is 146 Å². The van der Waals surface area contributed by atoms with E-state index in [1.807, 2.05) is 6.08 Å². The van der Waals surface area contributed by atoms with Crippen LogP contribution in [0.2, 0.25) is 0 Å². The highest BCUT2D eigenvalue weighted by Crippen LogP contribution is 2.23. The molecule has 0 aliphatic carbocycles. The molecule has 1 aliphatic heterocycles. The molecule has 1 amide bonds. The third-order valence-corrected chi connectivity index (χ3v) is 14.4. The maximum absolute atomic E-state index is 13.1. The lowest BCUT2D eigenvalue weighted by atomic mass is 9.99. The monoisotopic (exact) mass is 1130 g/mol. The zero-order valence-electron chi connectivity index (χ0n) is 51.2. The van der Waals surface area contributed by atoms with Crippen molar-refractivity contribution >= 4 is 5.91 Å². The molecule has 0 aromatic heterocycles. The number of carbonyl (C=O) groups excluding carboxylic acids is 1. The van der Waals surface area contributed by atoms with Crippen LogP contribution in [0.5, 0.6) is 0 Å². The van der Waals surface area contributed by atoms with Crippen LogP contribution in [0.4, 0.5) is 0 Å². The molecule has 1 rings (SSSR count). The van der Waals surface area contributed by atoms with E-state index < -0.39 is 49.5 Å². The summed E-state index contributed by atoms with van der Waals surface area (Å²) in [7, 11) is 0. The second-order valence-electron chi connectivity index (χ2n) is 21.8. The molecule has 0 saturated carbocycles. The quantitative estimate of drug-likeness (QED) is 0.0261. The van der Waals surface area contributed by atoms with Gasteiger partial charge in [0.15, 0.2) is 6.29 Å². The molecule has 9 heteroatoms. The molecule has 0 bridgehead atoms. The number of hydrogen-bond donors (Lipinski definition) is 6. The Morgan fingerprint density at radius 1 is 0.432 bits per heavy atom. The fraction of sp³-hybridized carbons (Fsp3) is 0.653. The van der Waals surface area contributed by atoms with Crippen LogP contribution in [-0.4, -0.2) is 87.5 Å². The first-order chi connectivity index (χ1) is 39.8. The molecule has 81 heavy (non-hydrogen) atoms. The van der Waals surface area contributed by atoms with Crippen LogP contribution >= 0.6 is 0 Å². The second kappa shape index (κ2) is 59.2. The van der Waals surface area contributed by atoms with Gasteiger partial charge in [-0.3, -0.25) is 4.79 Å². The molecule has 1 heterocycles. The lowest BCUT2D eigenvalue weighted by molar-refractivity contribution is -0.302. The summed E-state index contributed by atoms with van der Waals surface area (Å²) >= 11 is 0. The number of aliphatic hydroxyl groups is 5. The van der Waals surface area contributed by atoms with Crippen molar-refractivity contribution in [2.24, 2.45) is 0 Å². The summed E-state index contributed by atoms with van der Waals surface area (Å²) in [5.41, 5.74) is 0.